The fourth-order valence-corrected chi connectivity index (χ4v) is 2.63. The number of urea groups is 1. The van der Waals surface area contributed by atoms with Crippen molar-refractivity contribution in [3.8, 4) is 5.75 Å². The van der Waals surface area contributed by atoms with Crippen LogP contribution in [0, 0.1) is 0 Å². The predicted molar refractivity (Wildman–Crippen MR) is 78.4 cm³/mol. The fourth-order valence-electron chi connectivity index (χ4n) is 2.63. The molecular formula is C15H19F3N2O3. The molecule has 0 aliphatic carbocycles. The van der Waals surface area contributed by atoms with Gasteiger partial charge in [0.1, 0.15) is 5.75 Å². The highest BCUT2D eigenvalue weighted by Crippen LogP contribution is 2.30. The lowest BCUT2D eigenvalue weighted by molar-refractivity contribution is -0.221. The molecule has 2 N–H and O–H groups in total. The van der Waals surface area contributed by atoms with Gasteiger partial charge in [-0.2, -0.15) is 13.2 Å². The van der Waals surface area contributed by atoms with Gasteiger partial charge in [-0.05, 0) is 43.5 Å². The first-order chi connectivity index (χ1) is 10.8. The van der Waals surface area contributed by atoms with Gasteiger partial charge in [-0.1, -0.05) is 0 Å². The Morgan fingerprint density at radius 1 is 1.35 bits per heavy atom. The molecule has 0 aromatic heterocycles. The standard InChI is InChI=1S/C15H19F3N2O3/c1-23-11-7-5-10(6-8-11)19-14(22)20-9-3-2-4-12(20)13(21)15(16,17)18/h5-8,12-13,21H,2-4,9H2,1H3,(H,19,22)/t12-,13-/m0/s1. The van der Waals surface area contributed by atoms with Gasteiger partial charge in [0.2, 0.25) is 0 Å². The van der Waals surface area contributed by atoms with Gasteiger partial charge in [0.05, 0.1) is 13.2 Å². The van der Waals surface area contributed by atoms with Crippen LogP contribution in [0.25, 0.3) is 0 Å². The van der Waals surface area contributed by atoms with Crippen molar-refractivity contribution < 1.29 is 27.8 Å². The van der Waals surface area contributed by atoms with Crippen LogP contribution in [-0.2, 0) is 0 Å². The largest absolute Gasteiger partial charge is 0.497 e. The van der Waals surface area contributed by atoms with E-state index in [1.54, 1.807) is 24.3 Å². The number of carbonyl (C=O) groups excluding carboxylic acids is 1. The number of likely N-dealkylation sites (tertiary alicyclic amines) is 1. The second-order valence-electron chi connectivity index (χ2n) is 5.40. The van der Waals surface area contributed by atoms with E-state index in [0.717, 1.165) is 4.90 Å². The van der Waals surface area contributed by atoms with Crippen LogP contribution in [0.3, 0.4) is 0 Å². The summed E-state index contributed by atoms with van der Waals surface area (Å²) in [7, 11) is 1.50. The summed E-state index contributed by atoms with van der Waals surface area (Å²) in [5.41, 5.74) is 0.446. The molecule has 0 unspecified atom stereocenters. The highest BCUT2D eigenvalue weighted by atomic mass is 19.4. The second-order valence-corrected chi connectivity index (χ2v) is 5.40. The van der Waals surface area contributed by atoms with Gasteiger partial charge in [0, 0.05) is 12.2 Å². The number of hydrogen-bond donors (Lipinski definition) is 2. The molecule has 2 amide bonds. The number of halogens is 3. The molecule has 8 heteroatoms. The first kappa shape index (κ1) is 17.4. The number of aliphatic hydroxyl groups excluding tert-OH is 1. The minimum absolute atomic E-state index is 0.122. The zero-order valence-corrected chi connectivity index (χ0v) is 12.6. The molecule has 0 spiro atoms. The SMILES string of the molecule is COc1ccc(NC(=O)N2CCCC[C@H]2[C@H](O)C(F)(F)F)cc1. The van der Waals surface area contributed by atoms with Gasteiger partial charge in [-0.25, -0.2) is 4.79 Å². The maximum atomic E-state index is 12.8. The Morgan fingerprint density at radius 2 is 2.00 bits per heavy atom. The Kier molecular flexibility index (Phi) is 5.35. The summed E-state index contributed by atoms with van der Waals surface area (Å²) in [6.07, 6.45) is -6.01. The Bertz CT molecular complexity index is 534. The third kappa shape index (κ3) is 4.28. The minimum atomic E-state index is -4.75. The van der Waals surface area contributed by atoms with E-state index in [1.807, 2.05) is 0 Å². The number of amides is 2. The van der Waals surface area contributed by atoms with E-state index in [0.29, 0.717) is 24.3 Å². The zero-order chi connectivity index (χ0) is 17.0. The van der Waals surface area contributed by atoms with Crippen LogP contribution >= 0.6 is 0 Å². The average molecular weight is 332 g/mol. The molecule has 1 aliphatic heterocycles. The molecular weight excluding hydrogens is 313 g/mol. The summed E-state index contributed by atoms with van der Waals surface area (Å²) in [5.74, 6) is 0.603. The van der Waals surface area contributed by atoms with Crippen molar-refractivity contribution in [3.63, 3.8) is 0 Å². The monoisotopic (exact) mass is 332 g/mol. The number of alkyl halides is 3. The van der Waals surface area contributed by atoms with E-state index in [2.05, 4.69) is 5.32 Å². The van der Waals surface area contributed by atoms with E-state index in [4.69, 9.17) is 4.74 Å². The van der Waals surface area contributed by atoms with E-state index >= 15 is 0 Å². The summed E-state index contributed by atoms with van der Waals surface area (Å²) in [6, 6.07) is 4.54. The van der Waals surface area contributed by atoms with Crippen LogP contribution in [0.15, 0.2) is 24.3 Å². The smallest absolute Gasteiger partial charge is 0.416 e. The van der Waals surface area contributed by atoms with E-state index in [1.165, 1.54) is 7.11 Å². The van der Waals surface area contributed by atoms with Crippen molar-refractivity contribution in [2.45, 2.75) is 37.6 Å². The molecule has 2 rings (SSSR count). The Hall–Kier alpha value is -1.96. The molecule has 5 nitrogen and oxygen atoms in total. The van der Waals surface area contributed by atoms with Crippen molar-refractivity contribution in [3.05, 3.63) is 24.3 Å². The number of piperidine rings is 1. The molecule has 1 heterocycles. The average Bonchev–Trinajstić information content (AvgIpc) is 2.54. The molecule has 1 aromatic carbocycles. The number of rotatable bonds is 3. The van der Waals surface area contributed by atoms with Gasteiger partial charge in [-0.15, -0.1) is 0 Å². The Labute approximate surface area is 132 Å². The van der Waals surface area contributed by atoms with Crippen molar-refractivity contribution in [1.29, 1.82) is 0 Å². The molecule has 1 aromatic rings. The molecule has 1 fully saturated rings. The first-order valence-electron chi connectivity index (χ1n) is 7.29. The number of aliphatic hydroxyl groups is 1. The Balaban J connectivity index is 2.08. The topological polar surface area (TPSA) is 61.8 Å². The number of hydrogen-bond acceptors (Lipinski definition) is 3. The van der Waals surface area contributed by atoms with E-state index in [9.17, 15) is 23.1 Å². The molecule has 0 bridgehead atoms. The number of benzene rings is 1. The molecule has 1 saturated heterocycles. The minimum Gasteiger partial charge on any atom is -0.497 e. The first-order valence-corrected chi connectivity index (χ1v) is 7.29. The molecule has 128 valence electrons. The number of carbonyl (C=O) groups is 1. The molecule has 0 saturated carbocycles. The maximum absolute atomic E-state index is 12.8. The summed E-state index contributed by atoms with van der Waals surface area (Å²) < 4.78 is 43.3. The van der Waals surface area contributed by atoms with Crippen LogP contribution < -0.4 is 10.1 Å². The van der Waals surface area contributed by atoms with Gasteiger partial charge >= 0.3 is 12.2 Å². The number of nitrogens with one attached hydrogen (secondary N) is 1. The van der Waals surface area contributed by atoms with Gasteiger partial charge in [0.25, 0.3) is 0 Å². The third-order valence-electron chi connectivity index (χ3n) is 3.85. The number of nitrogens with zero attached hydrogens (tertiary/aromatic N) is 1. The van der Waals surface area contributed by atoms with Crippen LogP contribution in [0.2, 0.25) is 0 Å². The van der Waals surface area contributed by atoms with Crippen molar-refractivity contribution in [2.75, 3.05) is 19.0 Å². The predicted octanol–water partition coefficient (Wildman–Crippen LogP) is 3.00. The zero-order valence-electron chi connectivity index (χ0n) is 12.6. The summed E-state index contributed by atoms with van der Waals surface area (Å²) in [6.45, 7) is 0.180. The number of anilines is 1. The van der Waals surface area contributed by atoms with Crippen molar-refractivity contribution in [1.82, 2.24) is 4.90 Å². The quantitative estimate of drug-likeness (QED) is 0.894. The van der Waals surface area contributed by atoms with E-state index in [-0.39, 0.29) is 13.0 Å². The lowest BCUT2D eigenvalue weighted by atomic mass is 9.97. The third-order valence-corrected chi connectivity index (χ3v) is 3.85. The number of methoxy groups -OCH3 is 1. The van der Waals surface area contributed by atoms with Crippen LogP contribution in [-0.4, -0.2) is 48.0 Å². The molecule has 0 radical (unpaired) electrons. The normalized spacial score (nSPS) is 20.0. The van der Waals surface area contributed by atoms with Gasteiger partial charge < -0.3 is 20.1 Å². The second kappa shape index (κ2) is 7.08. The molecule has 23 heavy (non-hydrogen) atoms. The highest BCUT2D eigenvalue weighted by molar-refractivity contribution is 5.89. The van der Waals surface area contributed by atoms with Crippen LogP contribution in [0.5, 0.6) is 5.75 Å². The van der Waals surface area contributed by atoms with Crippen LogP contribution in [0.4, 0.5) is 23.7 Å². The fraction of sp³-hybridized carbons (Fsp3) is 0.533. The van der Waals surface area contributed by atoms with Crippen molar-refractivity contribution >= 4 is 11.7 Å². The lowest BCUT2D eigenvalue weighted by Gasteiger charge is -2.38. The molecule has 2 atom stereocenters. The summed E-state index contributed by atoms with van der Waals surface area (Å²) in [5, 5.41) is 12.1. The number of ether oxygens (including phenoxy) is 1. The maximum Gasteiger partial charge on any atom is 0.416 e. The van der Waals surface area contributed by atoms with Gasteiger partial charge in [0.15, 0.2) is 6.10 Å². The van der Waals surface area contributed by atoms with Crippen molar-refractivity contribution in [2.24, 2.45) is 0 Å². The Morgan fingerprint density at radius 3 is 2.57 bits per heavy atom. The highest BCUT2D eigenvalue weighted by Gasteiger charge is 2.47. The van der Waals surface area contributed by atoms with Crippen LogP contribution in [0.1, 0.15) is 19.3 Å². The summed E-state index contributed by atoms with van der Waals surface area (Å²) in [4.78, 5) is 13.3. The lowest BCUT2D eigenvalue weighted by Crippen LogP contribution is -2.55. The van der Waals surface area contributed by atoms with Gasteiger partial charge in [-0.3, -0.25) is 0 Å². The molecule has 1 aliphatic rings. The summed E-state index contributed by atoms with van der Waals surface area (Å²) >= 11 is 0. The van der Waals surface area contributed by atoms with E-state index < -0.39 is 24.4 Å².